The molecule has 1 saturated heterocycles. The number of unbranched alkanes of at least 4 members (excludes halogenated alkanes) is 1. The van der Waals surface area contributed by atoms with Crippen LogP contribution in [-0.2, 0) is 9.59 Å². The first-order valence-electron chi connectivity index (χ1n) is 12.6. The van der Waals surface area contributed by atoms with Crippen LogP contribution in [-0.4, -0.2) is 82.9 Å². The summed E-state index contributed by atoms with van der Waals surface area (Å²) in [6.07, 6.45) is 9.71. The first-order chi connectivity index (χ1) is 17.9. The zero-order valence-corrected chi connectivity index (χ0v) is 22.1. The maximum Gasteiger partial charge on any atom is 0.243 e. The monoisotopic (exact) mass is 523 g/mol. The minimum atomic E-state index is -0.0982. The standard InChI is InChI=1S/C27H34ClN7O2/c1-34(2)14-7-10-24(36)29-13-6-5-11-25(37)35-15-12-19(18-35)32-27-31-17-22(28)26(33-27)21-16-30-23-9-4-3-8-20(21)23/h3-4,7-10,16-17,19,30H,5-6,11-15,18H2,1-2H3,(H,29,36)(H,31,32,33)/b10-7+/t19-/m1/s1. The number of fused-ring (bicyclic) bond motifs is 1. The van der Waals surface area contributed by atoms with Crippen molar-refractivity contribution in [3.63, 3.8) is 0 Å². The van der Waals surface area contributed by atoms with Crippen LogP contribution in [0.4, 0.5) is 5.95 Å². The molecule has 9 nitrogen and oxygen atoms in total. The Hall–Kier alpha value is -3.43. The summed E-state index contributed by atoms with van der Waals surface area (Å²) in [6, 6.07) is 8.09. The molecule has 1 aliphatic heterocycles. The van der Waals surface area contributed by atoms with Crippen molar-refractivity contribution < 1.29 is 9.59 Å². The third-order valence-corrected chi connectivity index (χ3v) is 6.60. The van der Waals surface area contributed by atoms with Gasteiger partial charge >= 0.3 is 0 Å². The van der Waals surface area contributed by atoms with Crippen molar-refractivity contribution in [3.05, 3.63) is 53.8 Å². The zero-order valence-electron chi connectivity index (χ0n) is 21.3. The number of aromatic amines is 1. The molecule has 10 heteroatoms. The van der Waals surface area contributed by atoms with Crippen molar-refractivity contribution in [2.75, 3.05) is 45.6 Å². The summed E-state index contributed by atoms with van der Waals surface area (Å²) in [5, 5.41) is 7.77. The third-order valence-electron chi connectivity index (χ3n) is 6.32. The van der Waals surface area contributed by atoms with E-state index >= 15 is 0 Å². The van der Waals surface area contributed by atoms with Gasteiger partial charge in [0.15, 0.2) is 0 Å². The number of amides is 2. The van der Waals surface area contributed by atoms with Crippen LogP contribution in [0.3, 0.4) is 0 Å². The molecule has 0 aliphatic carbocycles. The molecule has 4 rings (SSSR count). The van der Waals surface area contributed by atoms with E-state index in [4.69, 9.17) is 16.6 Å². The Kier molecular flexibility index (Phi) is 9.14. The maximum atomic E-state index is 12.7. The molecule has 1 atom stereocenters. The van der Waals surface area contributed by atoms with Gasteiger partial charge in [-0.15, -0.1) is 0 Å². The fourth-order valence-corrected chi connectivity index (χ4v) is 4.57. The molecule has 1 aromatic carbocycles. The van der Waals surface area contributed by atoms with E-state index in [2.05, 4.69) is 20.6 Å². The smallest absolute Gasteiger partial charge is 0.243 e. The minimum absolute atomic E-state index is 0.0779. The highest BCUT2D eigenvalue weighted by Gasteiger charge is 2.26. The van der Waals surface area contributed by atoms with Crippen molar-refractivity contribution in [1.82, 2.24) is 30.1 Å². The lowest BCUT2D eigenvalue weighted by Gasteiger charge is -2.17. The molecule has 196 valence electrons. The Morgan fingerprint density at radius 1 is 1.27 bits per heavy atom. The minimum Gasteiger partial charge on any atom is -0.360 e. The second-order valence-corrected chi connectivity index (χ2v) is 9.93. The highest BCUT2D eigenvalue weighted by molar-refractivity contribution is 6.33. The zero-order chi connectivity index (χ0) is 26.2. The third kappa shape index (κ3) is 7.30. The number of nitrogens with one attached hydrogen (secondary N) is 3. The topological polar surface area (TPSA) is 106 Å². The van der Waals surface area contributed by atoms with Crippen LogP contribution >= 0.6 is 11.6 Å². The second kappa shape index (κ2) is 12.7. The van der Waals surface area contributed by atoms with Crippen molar-refractivity contribution in [3.8, 4) is 11.3 Å². The van der Waals surface area contributed by atoms with E-state index in [-0.39, 0.29) is 17.9 Å². The number of nitrogens with zero attached hydrogens (tertiary/aromatic N) is 4. The molecular weight excluding hydrogens is 490 g/mol. The fraction of sp³-hybridized carbons (Fsp3) is 0.407. The number of carbonyl (C=O) groups excluding carboxylic acids is 2. The van der Waals surface area contributed by atoms with E-state index in [0.717, 1.165) is 42.3 Å². The molecule has 0 saturated carbocycles. The van der Waals surface area contributed by atoms with Gasteiger partial charge in [0.25, 0.3) is 0 Å². The summed E-state index contributed by atoms with van der Waals surface area (Å²) >= 11 is 6.44. The molecule has 3 aromatic rings. The van der Waals surface area contributed by atoms with Crippen molar-refractivity contribution in [2.24, 2.45) is 0 Å². The van der Waals surface area contributed by atoms with Gasteiger partial charge in [-0.3, -0.25) is 9.59 Å². The van der Waals surface area contributed by atoms with Crippen molar-refractivity contribution in [2.45, 2.75) is 31.7 Å². The summed E-state index contributed by atoms with van der Waals surface area (Å²) in [5.41, 5.74) is 2.61. The van der Waals surface area contributed by atoms with Gasteiger partial charge in [0.2, 0.25) is 17.8 Å². The number of para-hydroxylation sites is 1. The lowest BCUT2D eigenvalue weighted by molar-refractivity contribution is -0.130. The Morgan fingerprint density at radius 2 is 2.11 bits per heavy atom. The van der Waals surface area contributed by atoms with E-state index in [0.29, 0.717) is 42.7 Å². The summed E-state index contributed by atoms with van der Waals surface area (Å²) in [5.74, 6) is 0.538. The van der Waals surface area contributed by atoms with E-state index < -0.39 is 0 Å². The van der Waals surface area contributed by atoms with Crippen molar-refractivity contribution >= 4 is 40.3 Å². The van der Waals surface area contributed by atoms with Gasteiger partial charge in [-0.1, -0.05) is 35.9 Å². The Labute approximate surface area is 222 Å². The number of hydrogen-bond acceptors (Lipinski definition) is 6. The number of H-pyrrole nitrogens is 1. The lowest BCUT2D eigenvalue weighted by Crippen LogP contribution is -2.32. The summed E-state index contributed by atoms with van der Waals surface area (Å²) in [7, 11) is 3.90. The highest BCUT2D eigenvalue weighted by atomic mass is 35.5. The maximum absolute atomic E-state index is 12.7. The molecule has 3 N–H and O–H groups in total. The van der Waals surface area contributed by atoms with Gasteiger partial charge < -0.3 is 25.4 Å². The Balaban J connectivity index is 1.22. The predicted molar refractivity (Wildman–Crippen MR) is 147 cm³/mol. The van der Waals surface area contributed by atoms with Gasteiger partial charge in [-0.2, -0.15) is 0 Å². The molecule has 0 spiro atoms. The van der Waals surface area contributed by atoms with Crippen LogP contribution in [0.1, 0.15) is 25.7 Å². The van der Waals surface area contributed by atoms with Gasteiger partial charge in [0, 0.05) is 67.4 Å². The van der Waals surface area contributed by atoms with Crippen LogP contribution in [0.2, 0.25) is 5.02 Å². The predicted octanol–water partition coefficient (Wildman–Crippen LogP) is 3.70. The van der Waals surface area contributed by atoms with Gasteiger partial charge in [-0.05, 0) is 39.4 Å². The number of hydrogen-bond donors (Lipinski definition) is 3. The fourth-order valence-electron chi connectivity index (χ4n) is 4.38. The van der Waals surface area contributed by atoms with Crippen molar-refractivity contribution in [1.29, 1.82) is 0 Å². The molecule has 1 aliphatic rings. The second-order valence-electron chi connectivity index (χ2n) is 9.52. The Bertz CT molecular complexity index is 1260. The number of halogens is 1. The quantitative estimate of drug-likeness (QED) is 0.261. The van der Waals surface area contributed by atoms with Gasteiger partial charge in [-0.25, -0.2) is 9.97 Å². The van der Waals surface area contributed by atoms with Crippen LogP contribution < -0.4 is 10.6 Å². The summed E-state index contributed by atoms with van der Waals surface area (Å²) in [6.45, 7) is 2.60. The Morgan fingerprint density at radius 3 is 2.95 bits per heavy atom. The van der Waals surface area contributed by atoms with Crippen LogP contribution in [0.5, 0.6) is 0 Å². The molecule has 37 heavy (non-hydrogen) atoms. The lowest BCUT2D eigenvalue weighted by atomic mass is 10.1. The number of aromatic nitrogens is 3. The van der Waals surface area contributed by atoms with Crippen LogP contribution in [0.15, 0.2) is 48.8 Å². The van der Waals surface area contributed by atoms with E-state index in [1.165, 1.54) is 0 Å². The van der Waals surface area contributed by atoms with Gasteiger partial charge in [0.05, 0.1) is 16.9 Å². The average Bonchev–Trinajstić information content (AvgIpc) is 3.52. The SMILES string of the molecule is CN(C)C/C=C/C(=O)NCCCCC(=O)N1CC[C@@H](Nc2ncc(Cl)c(-c3c[nH]c4ccccc34)n2)C1. The molecule has 0 radical (unpaired) electrons. The highest BCUT2D eigenvalue weighted by Crippen LogP contribution is 2.32. The molecule has 0 bridgehead atoms. The normalized spacial score (nSPS) is 15.7. The molecule has 1 fully saturated rings. The van der Waals surface area contributed by atoms with Crippen LogP contribution in [0.25, 0.3) is 22.2 Å². The number of benzene rings is 1. The number of rotatable bonds is 11. The number of anilines is 1. The first-order valence-corrected chi connectivity index (χ1v) is 13.0. The largest absolute Gasteiger partial charge is 0.360 e. The van der Waals surface area contributed by atoms with E-state index in [1.54, 1.807) is 12.3 Å². The summed E-state index contributed by atoms with van der Waals surface area (Å²) < 4.78 is 0. The molecule has 0 unspecified atom stereocenters. The number of carbonyl (C=O) groups is 2. The summed E-state index contributed by atoms with van der Waals surface area (Å²) in [4.78, 5) is 40.6. The van der Waals surface area contributed by atoms with E-state index in [1.807, 2.05) is 60.4 Å². The molecular formula is C27H34ClN7O2. The van der Waals surface area contributed by atoms with E-state index in [9.17, 15) is 9.59 Å². The van der Waals surface area contributed by atoms with Crippen LogP contribution in [0, 0.1) is 0 Å². The average molecular weight is 524 g/mol. The first kappa shape index (κ1) is 26.6. The van der Waals surface area contributed by atoms with Gasteiger partial charge in [0.1, 0.15) is 0 Å². The molecule has 2 amide bonds. The number of likely N-dealkylation sites (N-methyl/N-ethyl adjacent to an activating group) is 1. The number of likely N-dealkylation sites (tertiary alicyclic amines) is 1. The molecule has 3 heterocycles. The molecule has 2 aromatic heterocycles.